The Balaban J connectivity index is 0.00000172. The third-order valence-corrected chi connectivity index (χ3v) is 14.2. The van der Waals surface area contributed by atoms with E-state index in [1.807, 2.05) is 25.2 Å². The number of para-hydroxylation sites is 1. The first-order chi connectivity index (χ1) is 25.5. The summed E-state index contributed by atoms with van der Waals surface area (Å²) in [7, 11) is 0. The highest BCUT2D eigenvalue weighted by atomic mass is 32.1. The molecule has 6 aromatic rings. The summed E-state index contributed by atoms with van der Waals surface area (Å²) in [6, 6.07) is 33.0. The van der Waals surface area contributed by atoms with E-state index in [1.165, 1.54) is 94.0 Å². The van der Waals surface area contributed by atoms with Gasteiger partial charge in [0.1, 0.15) is 5.01 Å². The molecule has 5 aromatic carbocycles. The summed E-state index contributed by atoms with van der Waals surface area (Å²) >= 11 is 1.87. The molecule has 0 radical (unpaired) electrons. The van der Waals surface area contributed by atoms with Crippen molar-refractivity contribution < 1.29 is 0 Å². The van der Waals surface area contributed by atoms with Gasteiger partial charge in [-0.25, -0.2) is 4.98 Å². The highest BCUT2D eigenvalue weighted by Crippen LogP contribution is 2.59. The Labute approximate surface area is 318 Å². The zero-order valence-corrected chi connectivity index (χ0v) is 33.0. The van der Waals surface area contributed by atoms with Gasteiger partial charge in [0.2, 0.25) is 0 Å². The van der Waals surface area contributed by atoms with Crippen LogP contribution in [0.25, 0.3) is 50.0 Å². The van der Waals surface area contributed by atoms with E-state index in [1.54, 1.807) is 0 Å². The Morgan fingerprint density at radius 3 is 1.64 bits per heavy atom. The quantitative estimate of drug-likeness (QED) is 0.176. The van der Waals surface area contributed by atoms with Crippen molar-refractivity contribution in [2.45, 2.75) is 90.9 Å². The van der Waals surface area contributed by atoms with Crippen LogP contribution in [0.5, 0.6) is 0 Å². The molecule has 0 saturated carbocycles. The number of allylic oxidation sites excluding steroid dienone is 1. The molecule has 0 spiro atoms. The number of aryl methyl sites for hydroxylation is 1. The van der Waals surface area contributed by atoms with Gasteiger partial charge in [-0.2, -0.15) is 0 Å². The van der Waals surface area contributed by atoms with Gasteiger partial charge in [-0.05, 0) is 139 Å². The molecule has 4 aliphatic carbocycles. The van der Waals surface area contributed by atoms with Gasteiger partial charge in [-0.15, -0.1) is 11.3 Å². The smallest absolute Gasteiger partial charge is 0.124 e. The zero-order valence-electron chi connectivity index (χ0n) is 32.2. The number of benzene rings is 5. The first-order valence-electron chi connectivity index (χ1n) is 19.5. The minimum absolute atomic E-state index is 0.105. The Bertz CT molecular complexity index is 2640. The average Bonchev–Trinajstić information content (AvgIpc) is 3.94. The van der Waals surface area contributed by atoms with E-state index in [0.717, 1.165) is 35.7 Å². The largest absolute Gasteiger partial charge is 0.252 e. The molecule has 2 heterocycles. The molecule has 1 aromatic heterocycles. The van der Waals surface area contributed by atoms with Crippen LogP contribution in [-0.2, 0) is 29.1 Å². The molecule has 53 heavy (non-hydrogen) atoms. The topological polar surface area (TPSA) is 25.2 Å². The fourth-order valence-electron chi connectivity index (χ4n) is 10.0. The lowest BCUT2D eigenvalue weighted by molar-refractivity contribution is 0.649. The predicted octanol–water partition coefficient (Wildman–Crippen LogP) is 13.4. The van der Waals surface area contributed by atoms with E-state index in [-0.39, 0.29) is 16.2 Å². The van der Waals surface area contributed by atoms with Crippen LogP contribution in [-0.4, -0.2) is 10.7 Å². The van der Waals surface area contributed by atoms with E-state index in [4.69, 9.17) is 9.98 Å². The van der Waals surface area contributed by atoms with Gasteiger partial charge in [0.05, 0.1) is 17.1 Å². The van der Waals surface area contributed by atoms with Crippen molar-refractivity contribution in [3.63, 3.8) is 0 Å². The molecule has 262 valence electrons. The summed E-state index contributed by atoms with van der Waals surface area (Å²) in [5.41, 5.74) is 23.9. The highest BCUT2D eigenvalue weighted by Gasteiger charge is 2.44. The molecule has 11 rings (SSSR count). The third kappa shape index (κ3) is 4.44. The maximum Gasteiger partial charge on any atom is 0.124 e. The minimum Gasteiger partial charge on any atom is -0.252 e. The van der Waals surface area contributed by atoms with Crippen LogP contribution in [0.4, 0.5) is 5.69 Å². The van der Waals surface area contributed by atoms with Crippen molar-refractivity contribution in [2.24, 2.45) is 4.99 Å². The third-order valence-electron chi connectivity index (χ3n) is 13.0. The first kappa shape index (κ1) is 32.8. The number of aromatic nitrogens is 1. The lowest BCUT2D eigenvalue weighted by atomic mass is 9.78. The van der Waals surface area contributed by atoms with Gasteiger partial charge >= 0.3 is 0 Å². The average molecular weight is 707 g/mol. The molecule has 1 aliphatic heterocycles. The Morgan fingerprint density at radius 1 is 0.566 bits per heavy atom. The van der Waals surface area contributed by atoms with E-state index >= 15 is 0 Å². The summed E-state index contributed by atoms with van der Waals surface area (Å²) < 4.78 is 0. The van der Waals surface area contributed by atoms with Crippen LogP contribution in [0.1, 0.15) is 117 Å². The Morgan fingerprint density at radius 2 is 1.08 bits per heavy atom. The summed E-state index contributed by atoms with van der Waals surface area (Å²) in [6.45, 7) is 18.5. The molecule has 0 N–H and O–H groups in total. The maximum absolute atomic E-state index is 5.05. The molecule has 0 fully saturated rings. The number of nitrogens with zero attached hydrogens (tertiary/aromatic N) is 2. The van der Waals surface area contributed by atoms with Crippen molar-refractivity contribution in [3.8, 4) is 44.0 Å². The number of aliphatic imine (C=N–C) groups is 1. The van der Waals surface area contributed by atoms with Crippen molar-refractivity contribution >= 4 is 28.8 Å². The van der Waals surface area contributed by atoms with Crippen LogP contribution < -0.4 is 0 Å². The number of thiazole rings is 1. The summed E-state index contributed by atoms with van der Waals surface area (Å²) in [5, 5.41) is 1.14. The second kappa shape index (κ2) is 11.1. The minimum atomic E-state index is -0.109. The molecule has 3 heteroatoms. The molecular formula is C50H46N2S. The van der Waals surface area contributed by atoms with Crippen LogP contribution >= 0.6 is 11.3 Å². The first-order valence-corrected chi connectivity index (χ1v) is 20.3. The lowest BCUT2D eigenvalue weighted by Crippen LogP contribution is -2.17. The van der Waals surface area contributed by atoms with E-state index < -0.39 is 0 Å². The van der Waals surface area contributed by atoms with E-state index in [2.05, 4.69) is 139 Å². The predicted molar refractivity (Wildman–Crippen MR) is 225 cm³/mol. The van der Waals surface area contributed by atoms with Crippen molar-refractivity contribution in [1.29, 1.82) is 0 Å². The Hall–Kier alpha value is -4.86. The molecule has 2 nitrogen and oxygen atoms in total. The number of fused-ring (bicyclic) bond motifs is 11. The second-order valence-corrected chi connectivity index (χ2v) is 18.0. The zero-order chi connectivity index (χ0) is 36.6. The molecule has 0 bridgehead atoms. The Kier molecular flexibility index (Phi) is 6.85. The van der Waals surface area contributed by atoms with Gasteiger partial charge in [0.15, 0.2) is 0 Å². The molecular weight excluding hydrogens is 661 g/mol. The summed E-state index contributed by atoms with van der Waals surface area (Å²) in [4.78, 5) is 11.5. The monoisotopic (exact) mass is 706 g/mol. The second-order valence-electron chi connectivity index (χ2n) is 16.9. The van der Waals surface area contributed by atoms with Crippen LogP contribution in [0, 0.1) is 0 Å². The van der Waals surface area contributed by atoms with Crippen LogP contribution in [0.15, 0.2) is 96.0 Å². The van der Waals surface area contributed by atoms with Gasteiger partial charge < -0.3 is 0 Å². The maximum atomic E-state index is 5.05. The number of hydrogen-bond acceptors (Lipinski definition) is 3. The van der Waals surface area contributed by atoms with Crippen molar-refractivity contribution in [1.82, 2.24) is 4.98 Å². The number of rotatable bonds is 2. The van der Waals surface area contributed by atoms with E-state index in [9.17, 15) is 0 Å². The highest BCUT2D eigenvalue weighted by molar-refractivity contribution is 7.15. The van der Waals surface area contributed by atoms with Crippen LogP contribution in [0.3, 0.4) is 0 Å². The van der Waals surface area contributed by atoms with E-state index in [0.29, 0.717) is 0 Å². The van der Waals surface area contributed by atoms with Gasteiger partial charge in [0, 0.05) is 33.1 Å². The normalized spacial score (nSPS) is 17.7. The fourth-order valence-corrected chi connectivity index (χ4v) is 11.1. The standard InChI is InChI=1S/C48H40N2S.C2H6/c1-46(2)35-19-27(43-21-26-11-7-8-12-41(26)49-43)15-17-29(35)31-22-39-33(24-37(31)46)34-25-38-32(23-40(34)48(39,5)6)30-18-16-28(20-36(30)47(38,3)4)45-50-42-13-9-10-14-44(42)51-45;1-2/h7-9,11-13,15-20,22-25H,10,14,21H2,1-6H3;1-2H3. The molecule has 0 amide bonds. The van der Waals surface area contributed by atoms with Gasteiger partial charge in [-0.3, -0.25) is 4.99 Å². The van der Waals surface area contributed by atoms with Crippen molar-refractivity contribution in [2.75, 3.05) is 0 Å². The summed E-state index contributed by atoms with van der Waals surface area (Å²) in [5.74, 6) is 0. The van der Waals surface area contributed by atoms with Gasteiger partial charge in [-0.1, -0.05) is 104 Å². The fraction of sp³-hybridized carbons (Fsp3) is 0.280. The molecule has 5 aliphatic rings. The molecule has 0 atom stereocenters. The SMILES string of the molecule is CC.CC1(C)c2cc(C3=Nc4ccccc4C3)ccc2-c2cc3c(cc21)-c1cc2c(cc1C3(C)C)-c1ccc(-c3nc4c(s3)CCC=C4)cc1C2(C)C. The summed E-state index contributed by atoms with van der Waals surface area (Å²) in [6.07, 6.45) is 7.57. The lowest BCUT2D eigenvalue weighted by Gasteiger charge is -2.25. The van der Waals surface area contributed by atoms with Crippen molar-refractivity contribution in [3.05, 3.63) is 146 Å². The van der Waals surface area contributed by atoms with Crippen LogP contribution in [0.2, 0.25) is 0 Å². The molecule has 0 saturated heterocycles. The van der Waals surface area contributed by atoms with Gasteiger partial charge in [0.25, 0.3) is 0 Å². The molecule has 0 unspecified atom stereocenters. The number of hydrogen-bond donors (Lipinski definition) is 0.